The number of rotatable bonds is 11. The number of amides is 2. The summed E-state index contributed by atoms with van der Waals surface area (Å²) in [7, 11) is -4.10. The Morgan fingerprint density at radius 3 is 2.29 bits per heavy atom. The largest absolute Gasteiger partial charge is 0.354 e. The molecule has 0 spiro atoms. The molecule has 0 heterocycles. The van der Waals surface area contributed by atoms with Crippen LogP contribution in [0.5, 0.6) is 0 Å². The van der Waals surface area contributed by atoms with Crippen LogP contribution in [0.15, 0.2) is 77.7 Å². The predicted octanol–water partition coefficient (Wildman–Crippen LogP) is 5.10. The summed E-state index contributed by atoms with van der Waals surface area (Å²) in [5, 5.41) is 3.28. The van der Waals surface area contributed by atoms with Gasteiger partial charge >= 0.3 is 0 Å². The van der Waals surface area contributed by atoms with Crippen molar-refractivity contribution < 1.29 is 18.0 Å². The van der Waals surface area contributed by atoms with Crippen LogP contribution in [-0.2, 0) is 26.2 Å². The van der Waals surface area contributed by atoms with Gasteiger partial charge in [0.2, 0.25) is 11.8 Å². The third kappa shape index (κ3) is 6.94. The van der Waals surface area contributed by atoms with Gasteiger partial charge < -0.3 is 10.2 Å². The lowest BCUT2D eigenvalue weighted by atomic mass is 10.1. The Morgan fingerprint density at radius 2 is 1.63 bits per heavy atom. The lowest BCUT2D eigenvalue weighted by molar-refractivity contribution is -0.139. The highest BCUT2D eigenvalue weighted by Crippen LogP contribution is 2.28. The maximum Gasteiger partial charge on any atom is 0.264 e. The Bertz CT molecular complexity index is 1380. The molecule has 202 valence electrons. The fourth-order valence-electron chi connectivity index (χ4n) is 4.01. The van der Waals surface area contributed by atoms with E-state index < -0.39 is 28.5 Å². The molecule has 1 atom stereocenters. The zero-order valence-corrected chi connectivity index (χ0v) is 23.7. The summed E-state index contributed by atoms with van der Waals surface area (Å²) in [6.07, 6.45) is 0.743. The van der Waals surface area contributed by atoms with Crippen LogP contribution in [0.25, 0.3) is 0 Å². The molecule has 3 rings (SSSR count). The van der Waals surface area contributed by atoms with Crippen molar-refractivity contribution >= 4 is 39.1 Å². The van der Waals surface area contributed by atoms with Gasteiger partial charge in [0, 0.05) is 18.1 Å². The molecular weight excluding hydrogens is 522 g/mol. The number of hydrogen-bond acceptors (Lipinski definition) is 4. The molecule has 3 aromatic carbocycles. The maximum atomic E-state index is 13.9. The highest BCUT2D eigenvalue weighted by atomic mass is 35.5. The summed E-state index contributed by atoms with van der Waals surface area (Å²) in [6, 6.07) is 19.7. The molecule has 3 aromatic rings. The van der Waals surface area contributed by atoms with Crippen molar-refractivity contribution in [1.82, 2.24) is 10.2 Å². The minimum Gasteiger partial charge on any atom is -0.354 e. The molecule has 0 radical (unpaired) electrons. The zero-order chi connectivity index (χ0) is 27.9. The molecule has 0 aliphatic carbocycles. The third-order valence-corrected chi connectivity index (χ3v) is 8.40. The van der Waals surface area contributed by atoms with E-state index in [0.29, 0.717) is 28.4 Å². The summed E-state index contributed by atoms with van der Waals surface area (Å²) >= 11 is 6.39. The molecule has 0 aliphatic rings. The monoisotopic (exact) mass is 555 g/mol. The quantitative estimate of drug-likeness (QED) is 0.357. The molecule has 9 heteroatoms. The maximum absolute atomic E-state index is 13.9. The van der Waals surface area contributed by atoms with Gasteiger partial charge in [-0.1, -0.05) is 67.1 Å². The highest BCUT2D eigenvalue weighted by Gasteiger charge is 2.33. The van der Waals surface area contributed by atoms with Gasteiger partial charge in [0.25, 0.3) is 10.0 Å². The molecule has 0 aromatic heterocycles. The number of nitrogens with one attached hydrogen (secondary N) is 1. The average molecular weight is 556 g/mol. The third-order valence-electron chi connectivity index (χ3n) is 6.26. The molecule has 0 aliphatic heterocycles. The van der Waals surface area contributed by atoms with Gasteiger partial charge in [-0.15, -0.1) is 0 Å². The van der Waals surface area contributed by atoms with E-state index in [9.17, 15) is 18.0 Å². The van der Waals surface area contributed by atoms with Crippen molar-refractivity contribution in [2.24, 2.45) is 0 Å². The number of halogens is 1. The second-order valence-corrected chi connectivity index (χ2v) is 11.5. The molecule has 0 unspecified atom stereocenters. The lowest BCUT2D eigenvalue weighted by Crippen LogP contribution is -2.51. The van der Waals surface area contributed by atoms with E-state index in [1.54, 1.807) is 62.4 Å². The molecule has 0 saturated heterocycles. The van der Waals surface area contributed by atoms with E-state index in [1.807, 2.05) is 26.0 Å². The molecule has 1 N–H and O–H groups in total. The lowest BCUT2D eigenvalue weighted by Gasteiger charge is -2.32. The van der Waals surface area contributed by atoms with E-state index in [1.165, 1.54) is 17.0 Å². The second kappa shape index (κ2) is 12.9. The SMILES string of the molecule is CCCNC(=O)[C@@H](C)N(Cc1ccccc1Cl)C(=O)CN(c1cc(C)ccc1C)S(=O)(=O)c1ccccc1. The fraction of sp³-hybridized carbons (Fsp3) is 0.310. The van der Waals surface area contributed by atoms with Crippen LogP contribution >= 0.6 is 11.6 Å². The number of carbonyl (C=O) groups excluding carboxylic acids is 2. The van der Waals surface area contributed by atoms with Gasteiger partial charge in [0.15, 0.2) is 0 Å². The Balaban J connectivity index is 2.06. The van der Waals surface area contributed by atoms with Gasteiger partial charge in [-0.05, 0) is 68.1 Å². The standard InChI is InChI=1S/C29H34ClN3O4S/c1-5-17-31-29(35)23(4)32(19-24-11-9-10-14-26(24)30)28(34)20-33(27-18-21(2)15-16-22(27)3)38(36,37)25-12-7-6-8-13-25/h6-16,18,23H,5,17,19-20H2,1-4H3,(H,31,35)/t23-/m1/s1. The topological polar surface area (TPSA) is 86.8 Å². The van der Waals surface area contributed by atoms with E-state index in [-0.39, 0.29) is 17.3 Å². The van der Waals surface area contributed by atoms with Crippen molar-refractivity contribution in [2.45, 2.75) is 51.6 Å². The fourth-order valence-corrected chi connectivity index (χ4v) is 5.70. The molecular formula is C29H34ClN3O4S. The van der Waals surface area contributed by atoms with Crippen LogP contribution in [-0.4, -0.2) is 44.3 Å². The second-order valence-electron chi connectivity index (χ2n) is 9.19. The summed E-state index contributed by atoms with van der Waals surface area (Å²) < 4.78 is 28.9. The number of sulfonamides is 1. The Kier molecular flexibility index (Phi) is 9.94. The predicted molar refractivity (Wildman–Crippen MR) is 152 cm³/mol. The number of aryl methyl sites for hydroxylation is 2. The van der Waals surface area contributed by atoms with E-state index in [0.717, 1.165) is 16.3 Å². The zero-order valence-electron chi connectivity index (χ0n) is 22.1. The number of hydrogen-bond donors (Lipinski definition) is 1. The van der Waals surface area contributed by atoms with Gasteiger partial charge in [0.1, 0.15) is 12.6 Å². The van der Waals surface area contributed by atoms with Crippen LogP contribution in [0.4, 0.5) is 5.69 Å². The van der Waals surface area contributed by atoms with Gasteiger partial charge in [-0.2, -0.15) is 0 Å². The van der Waals surface area contributed by atoms with Crippen LogP contribution < -0.4 is 9.62 Å². The Morgan fingerprint density at radius 1 is 0.974 bits per heavy atom. The first kappa shape index (κ1) is 29.2. The highest BCUT2D eigenvalue weighted by molar-refractivity contribution is 7.92. The molecule has 7 nitrogen and oxygen atoms in total. The molecule has 2 amide bonds. The molecule has 0 bridgehead atoms. The van der Waals surface area contributed by atoms with Crippen molar-refractivity contribution in [1.29, 1.82) is 0 Å². The van der Waals surface area contributed by atoms with E-state index >= 15 is 0 Å². The first-order valence-electron chi connectivity index (χ1n) is 12.5. The van der Waals surface area contributed by atoms with Crippen LogP contribution in [0.1, 0.15) is 37.0 Å². The Hall–Kier alpha value is -3.36. The minimum atomic E-state index is -4.10. The number of anilines is 1. The minimum absolute atomic E-state index is 0.0469. The first-order valence-corrected chi connectivity index (χ1v) is 14.3. The van der Waals surface area contributed by atoms with Crippen LogP contribution in [0.2, 0.25) is 5.02 Å². The van der Waals surface area contributed by atoms with Gasteiger partial charge in [0.05, 0.1) is 10.6 Å². The average Bonchev–Trinajstić information content (AvgIpc) is 2.91. The van der Waals surface area contributed by atoms with Gasteiger partial charge in [-0.25, -0.2) is 8.42 Å². The molecule has 0 fully saturated rings. The van der Waals surface area contributed by atoms with Crippen LogP contribution in [0.3, 0.4) is 0 Å². The number of benzene rings is 3. The van der Waals surface area contributed by atoms with Crippen molar-refractivity contribution in [3.8, 4) is 0 Å². The van der Waals surface area contributed by atoms with Crippen LogP contribution in [0, 0.1) is 13.8 Å². The van der Waals surface area contributed by atoms with Gasteiger partial charge in [-0.3, -0.25) is 13.9 Å². The first-order chi connectivity index (χ1) is 18.1. The van der Waals surface area contributed by atoms with E-state index in [2.05, 4.69) is 5.32 Å². The molecule has 0 saturated carbocycles. The van der Waals surface area contributed by atoms with Crippen molar-refractivity contribution in [3.63, 3.8) is 0 Å². The number of carbonyl (C=O) groups is 2. The van der Waals surface area contributed by atoms with Crippen molar-refractivity contribution in [2.75, 3.05) is 17.4 Å². The summed E-state index contributed by atoms with van der Waals surface area (Å²) in [4.78, 5) is 28.3. The normalized spacial score (nSPS) is 12.0. The smallest absolute Gasteiger partial charge is 0.264 e. The Labute approximate surface area is 230 Å². The summed E-state index contributed by atoms with van der Waals surface area (Å²) in [6.45, 7) is 7.26. The summed E-state index contributed by atoms with van der Waals surface area (Å²) in [5.74, 6) is -0.846. The molecule has 38 heavy (non-hydrogen) atoms. The number of nitrogens with zero attached hydrogens (tertiary/aromatic N) is 2. The summed E-state index contributed by atoms with van der Waals surface area (Å²) in [5.41, 5.74) is 2.62. The van der Waals surface area contributed by atoms with Crippen molar-refractivity contribution in [3.05, 3.63) is 94.5 Å². The van der Waals surface area contributed by atoms with E-state index in [4.69, 9.17) is 11.6 Å².